The number of carbonyl (C=O) groups is 1. The topological polar surface area (TPSA) is 29.5 Å². The van der Waals surface area contributed by atoms with E-state index in [0.717, 1.165) is 43.2 Å². The molecule has 2 saturated heterocycles. The number of ether oxygens (including phenoxy) is 1. The van der Waals surface area contributed by atoms with Gasteiger partial charge in [0.05, 0.1) is 0 Å². The smallest absolute Gasteiger partial charge is 0.321 e. The summed E-state index contributed by atoms with van der Waals surface area (Å²) in [6.45, 7) is 2.14. The number of piperidine rings is 1. The molecular formula is C25H31NO2. The largest absolute Gasteiger partial charge is 0.460 e. The fraction of sp³-hybridized carbons (Fsp3) is 0.480. The van der Waals surface area contributed by atoms with Gasteiger partial charge in [-0.3, -0.25) is 9.69 Å². The predicted octanol–water partition coefficient (Wildman–Crippen LogP) is 4.94. The molecule has 148 valence electrons. The monoisotopic (exact) mass is 377 g/mol. The van der Waals surface area contributed by atoms with E-state index in [4.69, 9.17) is 4.74 Å². The summed E-state index contributed by atoms with van der Waals surface area (Å²) in [5.41, 5.74) is 1.31. The van der Waals surface area contributed by atoms with Crippen molar-refractivity contribution in [2.24, 2.45) is 0 Å². The molecule has 0 aromatic heterocycles. The van der Waals surface area contributed by atoms with Gasteiger partial charge in [-0.05, 0) is 50.3 Å². The Morgan fingerprint density at radius 2 is 1.54 bits per heavy atom. The Labute approximate surface area is 168 Å². The lowest BCUT2D eigenvalue weighted by Crippen LogP contribution is -2.49. The van der Waals surface area contributed by atoms with Crippen LogP contribution in [0.1, 0.15) is 56.6 Å². The molecule has 0 saturated carbocycles. The van der Waals surface area contributed by atoms with Gasteiger partial charge in [0, 0.05) is 12.1 Å². The molecular weight excluding hydrogens is 346 g/mol. The molecule has 2 aromatic rings. The van der Waals surface area contributed by atoms with E-state index in [1.165, 1.54) is 6.42 Å². The maximum atomic E-state index is 13.9. The summed E-state index contributed by atoms with van der Waals surface area (Å²) in [5.74, 6) is -0.0875. The SMILES string of the molecule is CCCC(C(=O)OC1CCC2CC[C@H]1N2C)(c1ccccc1)c1ccccc1. The van der Waals surface area contributed by atoms with E-state index in [9.17, 15) is 4.79 Å². The summed E-state index contributed by atoms with van der Waals surface area (Å²) in [6, 6.07) is 21.4. The molecule has 2 heterocycles. The van der Waals surface area contributed by atoms with Gasteiger partial charge in [-0.25, -0.2) is 0 Å². The molecule has 28 heavy (non-hydrogen) atoms. The molecule has 2 aliphatic rings. The maximum Gasteiger partial charge on any atom is 0.321 e. The molecule has 0 N–H and O–H groups in total. The minimum Gasteiger partial charge on any atom is -0.460 e. The highest BCUT2D eigenvalue weighted by atomic mass is 16.5. The number of nitrogens with zero attached hydrogens (tertiary/aromatic N) is 1. The normalized spacial score (nSPS) is 24.9. The molecule has 2 unspecified atom stereocenters. The van der Waals surface area contributed by atoms with Crippen LogP contribution in [-0.4, -0.2) is 36.1 Å². The number of benzene rings is 2. The van der Waals surface area contributed by atoms with Crippen LogP contribution in [0.4, 0.5) is 0 Å². The van der Waals surface area contributed by atoms with Gasteiger partial charge in [-0.15, -0.1) is 0 Å². The second-order valence-electron chi connectivity index (χ2n) is 8.37. The van der Waals surface area contributed by atoms with E-state index < -0.39 is 5.41 Å². The van der Waals surface area contributed by atoms with Crippen molar-refractivity contribution < 1.29 is 9.53 Å². The van der Waals surface area contributed by atoms with Crippen LogP contribution in [0.25, 0.3) is 0 Å². The third-order valence-corrected chi connectivity index (χ3v) is 6.87. The Bertz CT molecular complexity index is 749. The lowest BCUT2D eigenvalue weighted by molar-refractivity contribution is -0.160. The Hall–Kier alpha value is -2.13. The standard InChI is InChI=1S/C25H31NO2/c1-3-18-25(19-10-6-4-7-11-19,20-12-8-5-9-13-20)24(27)28-23-17-15-21-14-16-22(23)26(21)2/h4-13,21-23H,3,14-18H2,1-2H3/t21?,22-,23?/m1/s1. The summed E-state index contributed by atoms with van der Waals surface area (Å²) >= 11 is 0. The lowest BCUT2D eigenvalue weighted by atomic mass is 9.71. The zero-order valence-electron chi connectivity index (χ0n) is 17.0. The second-order valence-corrected chi connectivity index (χ2v) is 8.37. The summed E-state index contributed by atoms with van der Waals surface area (Å²) in [6.07, 6.45) is 6.13. The summed E-state index contributed by atoms with van der Waals surface area (Å²) in [5, 5.41) is 0. The molecule has 4 rings (SSSR count). The quantitative estimate of drug-likeness (QED) is 0.668. The van der Waals surface area contributed by atoms with E-state index in [1.54, 1.807) is 0 Å². The van der Waals surface area contributed by atoms with Gasteiger partial charge < -0.3 is 4.74 Å². The molecule has 3 heteroatoms. The number of esters is 1. The molecule has 2 bridgehead atoms. The number of hydrogen-bond acceptors (Lipinski definition) is 3. The van der Waals surface area contributed by atoms with Crippen LogP contribution >= 0.6 is 0 Å². The van der Waals surface area contributed by atoms with Gasteiger partial charge >= 0.3 is 5.97 Å². The molecule has 3 atom stereocenters. The van der Waals surface area contributed by atoms with Crippen molar-refractivity contribution in [1.29, 1.82) is 0 Å². The van der Waals surface area contributed by atoms with E-state index in [2.05, 4.69) is 43.1 Å². The van der Waals surface area contributed by atoms with Crippen LogP contribution in [0.2, 0.25) is 0 Å². The number of likely N-dealkylation sites (N-methyl/N-ethyl adjacent to an activating group) is 1. The van der Waals surface area contributed by atoms with Gasteiger partial charge in [0.25, 0.3) is 0 Å². The van der Waals surface area contributed by atoms with Crippen LogP contribution in [-0.2, 0) is 14.9 Å². The highest BCUT2D eigenvalue weighted by Gasteiger charge is 2.47. The van der Waals surface area contributed by atoms with Crippen molar-refractivity contribution in [3.63, 3.8) is 0 Å². The van der Waals surface area contributed by atoms with Crippen LogP contribution in [0.15, 0.2) is 60.7 Å². The van der Waals surface area contributed by atoms with Crippen LogP contribution < -0.4 is 0 Å². The van der Waals surface area contributed by atoms with E-state index >= 15 is 0 Å². The average Bonchev–Trinajstić information content (AvgIpc) is 2.97. The first kappa shape index (κ1) is 19.2. The van der Waals surface area contributed by atoms with Crippen LogP contribution in [0.3, 0.4) is 0 Å². The number of rotatable bonds is 6. The van der Waals surface area contributed by atoms with Gasteiger partial charge in [-0.2, -0.15) is 0 Å². The number of fused-ring (bicyclic) bond motifs is 2. The van der Waals surface area contributed by atoms with Crippen molar-refractivity contribution in [1.82, 2.24) is 4.90 Å². The summed E-state index contributed by atoms with van der Waals surface area (Å²) < 4.78 is 6.34. The van der Waals surface area contributed by atoms with Crippen molar-refractivity contribution in [2.45, 2.75) is 69.1 Å². The second kappa shape index (κ2) is 8.08. The average molecular weight is 378 g/mol. The van der Waals surface area contributed by atoms with Gasteiger partial charge in [0.2, 0.25) is 0 Å². The van der Waals surface area contributed by atoms with Gasteiger partial charge in [0.15, 0.2) is 0 Å². The summed E-state index contributed by atoms with van der Waals surface area (Å²) in [7, 11) is 2.19. The molecule has 3 nitrogen and oxygen atoms in total. The van der Waals surface area contributed by atoms with Gasteiger partial charge in [0.1, 0.15) is 11.5 Å². The van der Waals surface area contributed by atoms with E-state index in [-0.39, 0.29) is 12.1 Å². The fourth-order valence-electron chi connectivity index (χ4n) is 5.38. The van der Waals surface area contributed by atoms with Crippen molar-refractivity contribution in [2.75, 3.05) is 7.05 Å². The minimum atomic E-state index is -0.745. The van der Waals surface area contributed by atoms with E-state index in [1.807, 2.05) is 36.4 Å². The van der Waals surface area contributed by atoms with Crippen LogP contribution in [0, 0.1) is 0 Å². The highest BCUT2D eigenvalue weighted by Crippen LogP contribution is 2.41. The zero-order chi connectivity index (χ0) is 19.6. The molecule has 0 amide bonds. The first-order valence-electron chi connectivity index (χ1n) is 10.7. The van der Waals surface area contributed by atoms with Crippen molar-refractivity contribution in [3.8, 4) is 0 Å². The Balaban J connectivity index is 1.71. The third kappa shape index (κ3) is 3.26. The first-order chi connectivity index (χ1) is 13.7. The molecule has 2 aromatic carbocycles. The minimum absolute atomic E-state index is 0.0000874. The Kier molecular flexibility index (Phi) is 5.54. The number of hydrogen-bond donors (Lipinski definition) is 0. The first-order valence-corrected chi connectivity index (χ1v) is 10.7. The molecule has 0 spiro atoms. The zero-order valence-corrected chi connectivity index (χ0v) is 17.0. The molecule has 0 radical (unpaired) electrons. The molecule has 2 fully saturated rings. The van der Waals surface area contributed by atoms with Gasteiger partial charge in [-0.1, -0.05) is 74.0 Å². The third-order valence-electron chi connectivity index (χ3n) is 6.87. The lowest BCUT2D eigenvalue weighted by Gasteiger charge is -2.40. The fourth-order valence-corrected chi connectivity index (χ4v) is 5.38. The Morgan fingerprint density at radius 3 is 2.11 bits per heavy atom. The highest BCUT2D eigenvalue weighted by molar-refractivity contribution is 5.88. The molecule has 0 aliphatic carbocycles. The molecule has 2 aliphatic heterocycles. The maximum absolute atomic E-state index is 13.9. The van der Waals surface area contributed by atoms with E-state index in [0.29, 0.717) is 12.1 Å². The van der Waals surface area contributed by atoms with Crippen molar-refractivity contribution >= 4 is 5.97 Å². The number of carbonyl (C=O) groups excluding carboxylic acids is 1. The predicted molar refractivity (Wildman–Crippen MR) is 112 cm³/mol. The van der Waals surface area contributed by atoms with Crippen LogP contribution in [0.5, 0.6) is 0 Å². The Morgan fingerprint density at radius 1 is 0.964 bits per heavy atom. The van der Waals surface area contributed by atoms with Crippen molar-refractivity contribution in [3.05, 3.63) is 71.8 Å². The summed E-state index contributed by atoms with van der Waals surface area (Å²) in [4.78, 5) is 16.3.